The van der Waals surface area contributed by atoms with Crippen molar-refractivity contribution in [2.45, 2.75) is 30.0 Å². The summed E-state index contributed by atoms with van der Waals surface area (Å²) in [4.78, 5) is -0.926. The van der Waals surface area contributed by atoms with E-state index in [0.717, 1.165) is 4.31 Å². The second kappa shape index (κ2) is 6.13. The van der Waals surface area contributed by atoms with Crippen molar-refractivity contribution in [1.29, 1.82) is 0 Å². The lowest BCUT2D eigenvalue weighted by atomic mass is 10.2. The van der Waals surface area contributed by atoms with Crippen LogP contribution in [0.25, 0.3) is 0 Å². The molecule has 1 unspecified atom stereocenters. The van der Waals surface area contributed by atoms with Gasteiger partial charge in [-0.25, -0.2) is 12.8 Å². The van der Waals surface area contributed by atoms with Gasteiger partial charge in [-0.15, -0.1) is 0 Å². The predicted molar refractivity (Wildman–Crippen MR) is 72.2 cm³/mol. The summed E-state index contributed by atoms with van der Waals surface area (Å²) in [5, 5.41) is 2.83. The van der Waals surface area contributed by atoms with Crippen molar-refractivity contribution in [2.75, 3.05) is 20.1 Å². The average Bonchev–Trinajstić information content (AvgIpc) is 2.87. The summed E-state index contributed by atoms with van der Waals surface area (Å²) in [6.45, 7) is 0.532. The topological polar surface area (TPSA) is 49.4 Å². The fourth-order valence-electron chi connectivity index (χ4n) is 2.57. The molecule has 1 fully saturated rings. The Morgan fingerprint density at radius 2 is 2.05 bits per heavy atom. The first-order valence-electron chi connectivity index (χ1n) is 6.71. The van der Waals surface area contributed by atoms with Gasteiger partial charge >= 0.3 is 6.18 Å². The smallest absolute Gasteiger partial charge is 0.318 e. The van der Waals surface area contributed by atoms with E-state index in [-0.39, 0.29) is 12.6 Å². The molecule has 0 radical (unpaired) electrons. The molecule has 0 spiro atoms. The lowest BCUT2D eigenvalue weighted by Gasteiger charge is -2.24. The number of hydrogen-bond acceptors (Lipinski definition) is 3. The third kappa shape index (κ3) is 3.26. The highest BCUT2D eigenvalue weighted by molar-refractivity contribution is 7.89. The van der Waals surface area contributed by atoms with Crippen LogP contribution in [0.5, 0.6) is 0 Å². The maximum absolute atomic E-state index is 13.8. The van der Waals surface area contributed by atoms with E-state index in [9.17, 15) is 26.0 Å². The number of halogens is 4. The molecule has 1 saturated heterocycles. The molecule has 1 N–H and O–H groups in total. The fourth-order valence-corrected chi connectivity index (χ4v) is 4.35. The molecule has 0 bridgehead atoms. The first kappa shape index (κ1) is 17.2. The SMILES string of the molecule is CNCC1CCCN1S(=O)(=O)c1cc(C(F)(F)F)ccc1F. The van der Waals surface area contributed by atoms with Crippen LogP contribution in [-0.2, 0) is 16.2 Å². The lowest BCUT2D eigenvalue weighted by molar-refractivity contribution is -0.137. The number of benzene rings is 1. The number of nitrogens with one attached hydrogen (secondary N) is 1. The molecule has 1 aliphatic heterocycles. The van der Waals surface area contributed by atoms with Gasteiger partial charge in [-0.05, 0) is 38.1 Å². The molecule has 0 aliphatic carbocycles. The van der Waals surface area contributed by atoms with Crippen LogP contribution in [0.1, 0.15) is 18.4 Å². The summed E-state index contributed by atoms with van der Waals surface area (Å²) < 4.78 is 78.1. The zero-order valence-corrected chi connectivity index (χ0v) is 12.6. The van der Waals surface area contributed by atoms with Gasteiger partial charge in [-0.1, -0.05) is 0 Å². The average molecular weight is 340 g/mol. The van der Waals surface area contributed by atoms with Gasteiger partial charge in [-0.2, -0.15) is 17.5 Å². The van der Waals surface area contributed by atoms with E-state index < -0.39 is 32.5 Å². The van der Waals surface area contributed by atoms with Crippen LogP contribution in [0.2, 0.25) is 0 Å². The second-order valence-corrected chi connectivity index (χ2v) is 6.97. The molecule has 4 nitrogen and oxygen atoms in total. The quantitative estimate of drug-likeness (QED) is 0.855. The van der Waals surface area contributed by atoms with Gasteiger partial charge < -0.3 is 5.32 Å². The van der Waals surface area contributed by atoms with Gasteiger partial charge in [0.2, 0.25) is 10.0 Å². The maximum atomic E-state index is 13.8. The number of hydrogen-bond donors (Lipinski definition) is 1. The van der Waals surface area contributed by atoms with E-state index in [1.54, 1.807) is 7.05 Å². The Morgan fingerprint density at radius 1 is 1.36 bits per heavy atom. The molecule has 124 valence electrons. The summed E-state index contributed by atoms with van der Waals surface area (Å²) >= 11 is 0. The van der Waals surface area contributed by atoms with Crippen LogP contribution in [-0.4, -0.2) is 38.9 Å². The number of nitrogens with zero attached hydrogens (tertiary/aromatic N) is 1. The Morgan fingerprint density at radius 3 is 2.64 bits per heavy atom. The van der Waals surface area contributed by atoms with Gasteiger partial charge in [0.05, 0.1) is 5.56 Å². The molecule has 1 heterocycles. The Labute approximate surface area is 126 Å². The number of rotatable bonds is 4. The highest BCUT2D eigenvalue weighted by atomic mass is 32.2. The summed E-state index contributed by atoms with van der Waals surface area (Å²) in [6, 6.07) is 1.05. The van der Waals surface area contributed by atoms with Crippen molar-refractivity contribution < 1.29 is 26.0 Å². The van der Waals surface area contributed by atoms with E-state index in [0.29, 0.717) is 37.6 Å². The Kier molecular flexibility index (Phi) is 4.78. The van der Waals surface area contributed by atoms with Crippen molar-refractivity contribution in [3.8, 4) is 0 Å². The van der Waals surface area contributed by atoms with Gasteiger partial charge in [0, 0.05) is 19.1 Å². The first-order valence-corrected chi connectivity index (χ1v) is 8.15. The monoisotopic (exact) mass is 340 g/mol. The van der Waals surface area contributed by atoms with Gasteiger partial charge in [0.15, 0.2) is 0 Å². The van der Waals surface area contributed by atoms with Crippen LogP contribution >= 0.6 is 0 Å². The van der Waals surface area contributed by atoms with E-state index in [1.165, 1.54) is 0 Å². The van der Waals surface area contributed by atoms with Crippen LogP contribution in [0.4, 0.5) is 17.6 Å². The van der Waals surface area contributed by atoms with Gasteiger partial charge in [-0.3, -0.25) is 0 Å². The highest BCUT2D eigenvalue weighted by Gasteiger charge is 2.38. The Hall–Kier alpha value is -1.19. The zero-order valence-electron chi connectivity index (χ0n) is 11.8. The molecule has 1 atom stereocenters. The minimum atomic E-state index is -4.73. The molecule has 0 aromatic heterocycles. The Bertz CT molecular complexity index is 646. The first-order chi connectivity index (χ1) is 10.2. The molecule has 1 aromatic rings. The van der Waals surface area contributed by atoms with Crippen molar-refractivity contribution in [3.05, 3.63) is 29.6 Å². The third-order valence-corrected chi connectivity index (χ3v) is 5.57. The predicted octanol–water partition coefficient (Wildman–Crippen LogP) is 2.22. The fraction of sp³-hybridized carbons (Fsp3) is 0.538. The van der Waals surface area contributed by atoms with Crippen LogP contribution in [0.15, 0.2) is 23.1 Å². The minimum Gasteiger partial charge on any atom is -0.318 e. The van der Waals surface area contributed by atoms with Gasteiger partial charge in [0.25, 0.3) is 0 Å². The standard InChI is InChI=1S/C13H16F4N2O2S/c1-18-8-10-3-2-6-19(10)22(20,21)12-7-9(13(15,16)17)4-5-11(12)14/h4-5,7,10,18H,2-3,6,8H2,1H3. The summed E-state index contributed by atoms with van der Waals surface area (Å²) in [5.74, 6) is -1.18. The highest BCUT2D eigenvalue weighted by Crippen LogP contribution is 2.33. The van der Waals surface area contributed by atoms with Crippen molar-refractivity contribution in [3.63, 3.8) is 0 Å². The number of sulfonamides is 1. The van der Waals surface area contributed by atoms with E-state index >= 15 is 0 Å². The molecule has 22 heavy (non-hydrogen) atoms. The number of likely N-dealkylation sites (N-methyl/N-ethyl adjacent to an activating group) is 1. The third-order valence-electron chi connectivity index (χ3n) is 3.61. The molecule has 1 aliphatic rings. The van der Waals surface area contributed by atoms with Crippen LogP contribution in [0.3, 0.4) is 0 Å². The molecule has 0 amide bonds. The summed E-state index contributed by atoms with van der Waals surface area (Å²) in [6.07, 6.45) is -3.56. The van der Waals surface area contributed by atoms with E-state index in [2.05, 4.69) is 5.32 Å². The molecule has 0 saturated carbocycles. The summed E-state index contributed by atoms with van der Waals surface area (Å²) in [7, 11) is -2.66. The van der Waals surface area contributed by atoms with Gasteiger partial charge in [0.1, 0.15) is 10.7 Å². The lowest BCUT2D eigenvalue weighted by Crippen LogP contribution is -2.41. The molecule has 9 heteroatoms. The maximum Gasteiger partial charge on any atom is 0.416 e. The van der Waals surface area contributed by atoms with Crippen LogP contribution < -0.4 is 5.32 Å². The second-order valence-electron chi connectivity index (χ2n) is 5.11. The van der Waals surface area contributed by atoms with Crippen molar-refractivity contribution in [1.82, 2.24) is 9.62 Å². The van der Waals surface area contributed by atoms with E-state index in [1.807, 2.05) is 0 Å². The van der Waals surface area contributed by atoms with Crippen LogP contribution in [0, 0.1) is 5.82 Å². The molecule has 2 rings (SSSR count). The van der Waals surface area contributed by atoms with Crippen molar-refractivity contribution >= 4 is 10.0 Å². The Balaban J connectivity index is 2.45. The van der Waals surface area contributed by atoms with Crippen molar-refractivity contribution in [2.24, 2.45) is 0 Å². The molecular weight excluding hydrogens is 324 g/mol. The largest absolute Gasteiger partial charge is 0.416 e. The minimum absolute atomic E-state index is 0.171. The molecular formula is C13H16F4N2O2S. The molecule has 1 aromatic carbocycles. The normalized spacial score (nSPS) is 20.5. The summed E-state index contributed by atoms with van der Waals surface area (Å²) in [5.41, 5.74) is -1.18. The number of alkyl halides is 3. The zero-order chi connectivity index (χ0) is 16.5. The van der Waals surface area contributed by atoms with E-state index in [4.69, 9.17) is 0 Å².